The molecule has 8 nitrogen and oxygen atoms in total. The lowest BCUT2D eigenvalue weighted by Crippen LogP contribution is -2.31. The van der Waals surface area contributed by atoms with E-state index in [2.05, 4.69) is 10.2 Å². The molecule has 1 heterocycles. The van der Waals surface area contributed by atoms with Crippen LogP contribution in [0.15, 0.2) is 42.5 Å². The quantitative estimate of drug-likeness (QED) is 0.449. The molecule has 1 aliphatic heterocycles. The van der Waals surface area contributed by atoms with Crippen LogP contribution in [0.5, 0.6) is 0 Å². The van der Waals surface area contributed by atoms with E-state index >= 15 is 0 Å². The maximum absolute atomic E-state index is 13.0. The molecule has 1 saturated heterocycles. The van der Waals surface area contributed by atoms with Gasteiger partial charge in [0.25, 0.3) is 11.6 Å². The van der Waals surface area contributed by atoms with Crippen LogP contribution in [0.25, 0.3) is 0 Å². The number of nitrogens with one attached hydrogen (secondary N) is 1. The van der Waals surface area contributed by atoms with E-state index in [1.165, 1.54) is 18.2 Å². The number of carbonyl (C=O) groups excluding carboxylic acids is 2. The van der Waals surface area contributed by atoms with Gasteiger partial charge in [-0.2, -0.15) is 0 Å². The van der Waals surface area contributed by atoms with Gasteiger partial charge in [-0.1, -0.05) is 6.07 Å². The van der Waals surface area contributed by atoms with Crippen molar-refractivity contribution >= 4 is 28.9 Å². The molecular formula is C21H23N3O5. The molecule has 0 spiro atoms. The Bertz CT molecular complexity index is 922. The Morgan fingerprint density at radius 3 is 2.59 bits per heavy atom. The number of hydrogen-bond acceptors (Lipinski definition) is 6. The van der Waals surface area contributed by atoms with Crippen LogP contribution in [0.2, 0.25) is 0 Å². The van der Waals surface area contributed by atoms with Gasteiger partial charge >= 0.3 is 5.97 Å². The molecule has 0 radical (unpaired) electrons. The zero-order valence-electron chi connectivity index (χ0n) is 16.2. The molecule has 1 fully saturated rings. The number of nitro benzene ring substituents is 1. The number of nitro groups is 1. The number of nitrogens with zero attached hydrogens (tertiary/aromatic N) is 2. The van der Waals surface area contributed by atoms with Crippen LogP contribution in [0, 0.1) is 10.1 Å². The van der Waals surface area contributed by atoms with E-state index in [9.17, 15) is 19.7 Å². The molecule has 0 bridgehead atoms. The van der Waals surface area contributed by atoms with Gasteiger partial charge in [-0.05, 0) is 50.5 Å². The number of carbonyl (C=O) groups is 2. The maximum atomic E-state index is 13.0. The summed E-state index contributed by atoms with van der Waals surface area (Å²) >= 11 is 0. The number of benzene rings is 2. The molecule has 152 valence electrons. The Balaban J connectivity index is 1.89. The van der Waals surface area contributed by atoms with Crippen LogP contribution in [-0.2, 0) is 4.74 Å². The fraction of sp³-hybridized carbons (Fsp3) is 0.333. The molecule has 0 aliphatic carbocycles. The van der Waals surface area contributed by atoms with Gasteiger partial charge < -0.3 is 15.0 Å². The van der Waals surface area contributed by atoms with Gasteiger partial charge in [0.15, 0.2) is 0 Å². The van der Waals surface area contributed by atoms with E-state index < -0.39 is 16.8 Å². The Morgan fingerprint density at radius 2 is 1.90 bits per heavy atom. The third-order valence-corrected chi connectivity index (χ3v) is 4.76. The number of ether oxygens (including phenoxy) is 1. The van der Waals surface area contributed by atoms with E-state index in [4.69, 9.17) is 4.74 Å². The predicted octanol–water partition coefficient (Wildman–Crippen LogP) is 4.01. The van der Waals surface area contributed by atoms with Crippen molar-refractivity contribution in [3.05, 3.63) is 63.7 Å². The van der Waals surface area contributed by atoms with Crippen molar-refractivity contribution in [3.63, 3.8) is 0 Å². The summed E-state index contributed by atoms with van der Waals surface area (Å²) in [5, 5.41) is 14.0. The smallest absolute Gasteiger partial charge is 0.338 e. The molecule has 1 aliphatic rings. The van der Waals surface area contributed by atoms with Gasteiger partial charge in [0, 0.05) is 30.9 Å². The minimum atomic E-state index is -0.516. The summed E-state index contributed by atoms with van der Waals surface area (Å²) in [5.74, 6) is -0.941. The monoisotopic (exact) mass is 397 g/mol. The highest BCUT2D eigenvalue weighted by Gasteiger charge is 2.22. The summed E-state index contributed by atoms with van der Waals surface area (Å²) < 4.78 is 4.98. The molecule has 2 aromatic carbocycles. The van der Waals surface area contributed by atoms with Crippen LogP contribution in [0.4, 0.5) is 17.1 Å². The number of rotatable bonds is 6. The minimum Gasteiger partial charge on any atom is -0.462 e. The van der Waals surface area contributed by atoms with Crippen LogP contribution in [0.3, 0.4) is 0 Å². The predicted molar refractivity (Wildman–Crippen MR) is 110 cm³/mol. The second-order valence-corrected chi connectivity index (χ2v) is 6.76. The Kier molecular flexibility index (Phi) is 6.43. The molecule has 8 heteroatoms. The fourth-order valence-electron chi connectivity index (χ4n) is 3.37. The van der Waals surface area contributed by atoms with Crippen molar-refractivity contribution in [2.24, 2.45) is 0 Å². The molecule has 3 rings (SSSR count). The van der Waals surface area contributed by atoms with Crippen LogP contribution < -0.4 is 10.2 Å². The lowest BCUT2D eigenvalue weighted by molar-refractivity contribution is -0.384. The number of non-ortho nitro benzene ring substituents is 1. The highest BCUT2D eigenvalue weighted by atomic mass is 16.6. The van der Waals surface area contributed by atoms with E-state index in [1.807, 2.05) is 0 Å². The van der Waals surface area contributed by atoms with Gasteiger partial charge in [0.1, 0.15) is 0 Å². The summed E-state index contributed by atoms with van der Waals surface area (Å²) in [5.41, 5.74) is 1.50. The average Bonchev–Trinajstić information content (AvgIpc) is 2.74. The fourth-order valence-corrected chi connectivity index (χ4v) is 3.37. The number of esters is 1. The summed E-state index contributed by atoms with van der Waals surface area (Å²) in [7, 11) is 0. The SMILES string of the molecule is CCOC(=O)c1cccc(NC(=O)c2cc([N+](=O)[O-])ccc2N2CCCCC2)c1. The first-order chi connectivity index (χ1) is 14.0. The molecule has 0 saturated carbocycles. The van der Waals surface area contributed by atoms with Crippen molar-refractivity contribution < 1.29 is 19.2 Å². The standard InChI is InChI=1S/C21H23N3O5/c1-2-29-21(26)15-7-6-8-16(13-15)22-20(25)18-14-17(24(27)28)9-10-19(18)23-11-4-3-5-12-23/h6-10,13-14H,2-5,11-12H2,1H3,(H,22,25). The Labute approximate surface area is 168 Å². The largest absolute Gasteiger partial charge is 0.462 e. The summed E-state index contributed by atoms with van der Waals surface area (Å²) in [6.07, 6.45) is 3.16. The number of hydrogen-bond donors (Lipinski definition) is 1. The average molecular weight is 397 g/mol. The normalized spacial score (nSPS) is 13.6. The number of piperidine rings is 1. The van der Waals surface area contributed by atoms with Crippen molar-refractivity contribution in [2.45, 2.75) is 26.2 Å². The Morgan fingerprint density at radius 1 is 1.14 bits per heavy atom. The molecule has 0 unspecified atom stereocenters. The molecular weight excluding hydrogens is 374 g/mol. The van der Waals surface area contributed by atoms with E-state index in [0.29, 0.717) is 16.9 Å². The van der Waals surface area contributed by atoms with Crippen LogP contribution in [-0.4, -0.2) is 36.5 Å². The van der Waals surface area contributed by atoms with Crippen LogP contribution in [0.1, 0.15) is 46.9 Å². The summed E-state index contributed by atoms with van der Waals surface area (Å²) in [4.78, 5) is 37.7. The first kappa shape index (κ1) is 20.3. The Hall–Kier alpha value is -3.42. The minimum absolute atomic E-state index is 0.142. The first-order valence-electron chi connectivity index (χ1n) is 9.61. The van der Waals surface area contributed by atoms with Crippen molar-refractivity contribution in [2.75, 3.05) is 29.9 Å². The topological polar surface area (TPSA) is 102 Å². The lowest BCUT2D eigenvalue weighted by Gasteiger charge is -2.30. The number of amides is 1. The molecule has 2 aromatic rings. The molecule has 0 atom stereocenters. The van der Waals surface area contributed by atoms with E-state index in [1.54, 1.807) is 31.2 Å². The molecule has 29 heavy (non-hydrogen) atoms. The summed E-state index contributed by atoms with van der Waals surface area (Å²) in [6.45, 7) is 3.57. The molecule has 0 aromatic heterocycles. The lowest BCUT2D eigenvalue weighted by atomic mass is 10.1. The second-order valence-electron chi connectivity index (χ2n) is 6.76. The van der Waals surface area contributed by atoms with Gasteiger partial charge in [0.05, 0.1) is 28.3 Å². The third-order valence-electron chi connectivity index (χ3n) is 4.76. The van der Waals surface area contributed by atoms with E-state index in [-0.39, 0.29) is 17.9 Å². The zero-order valence-corrected chi connectivity index (χ0v) is 16.2. The zero-order chi connectivity index (χ0) is 20.8. The second kappa shape index (κ2) is 9.18. The van der Waals surface area contributed by atoms with Crippen molar-refractivity contribution in [1.29, 1.82) is 0 Å². The van der Waals surface area contributed by atoms with Gasteiger partial charge in [-0.25, -0.2) is 4.79 Å². The highest BCUT2D eigenvalue weighted by Crippen LogP contribution is 2.29. The molecule has 1 N–H and O–H groups in total. The van der Waals surface area contributed by atoms with Gasteiger partial charge in [-0.3, -0.25) is 14.9 Å². The summed E-state index contributed by atoms with van der Waals surface area (Å²) in [6, 6.07) is 10.8. The van der Waals surface area contributed by atoms with Gasteiger partial charge in [-0.15, -0.1) is 0 Å². The highest BCUT2D eigenvalue weighted by molar-refractivity contribution is 6.09. The third kappa shape index (κ3) is 4.90. The van der Waals surface area contributed by atoms with Crippen molar-refractivity contribution in [3.8, 4) is 0 Å². The van der Waals surface area contributed by atoms with Gasteiger partial charge in [0.2, 0.25) is 0 Å². The number of anilines is 2. The maximum Gasteiger partial charge on any atom is 0.338 e. The molecule has 1 amide bonds. The van der Waals surface area contributed by atoms with Crippen LogP contribution >= 0.6 is 0 Å². The first-order valence-corrected chi connectivity index (χ1v) is 9.61. The van der Waals surface area contributed by atoms with Crippen molar-refractivity contribution in [1.82, 2.24) is 0 Å². The van der Waals surface area contributed by atoms with E-state index in [0.717, 1.165) is 32.4 Å².